The van der Waals surface area contributed by atoms with Gasteiger partial charge in [-0.2, -0.15) is 0 Å². The van der Waals surface area contributed by atoms with Crippen LogP contribution in [0.15, 0.2) is 87.2 Å². The SMILES string of the molecule is C.C=C.C=C(C)c1cc(-c2cccc(C)c2)ccc1C.C=C(C)c1cc2cncc(C)c2[nH]1.CC.CC(C)C. The summed E-state index contributed by atoms with van der Waals surface area (Å²) in [6.07, 6.45) is 3.73. The summed E-state index contributed by atoms with van der Waals surface area (Å²) in [5, 5.41) is 1.15. The average Bonchev–Trinajstić information content (AvgIpc) is 3.33. The minimum Gasteiger partial charge on any atom is -0.355 e. The van der Waals surface area contributed by atoms with E-state index in [1.54, 1.807) is 0 Å². The molecule has 0 radical (unpaired) electrons. The average molecular weight is 527 g/mol. The lowest BCUT2D eigenvalue weighted by Gasteiger charge is -2.09. The molecule has 0 bridgehead atoms. The lowest BCUT2D eigenvalue weighted by molar-refractivity contribution is 0.737. The molecule has 0 fully saturated rings. The first kappa shape index (κ1) is 37.5. The van der Waals surface area contributed by atoms with Crippen molar-refractivity contribution in [3.63, 3.8) is 0 Å². The zero-order valence-electron chi connectivity index (χ0n) is 25.6. The molecule has 39 heavy (non-hydrogen) atoms. The zero-order chi connectivity index (χ0) is 29.4. The highest BCUT2D eigenvalue weighted by atomic mass is 14.7. The van der Waals surface area contributed by atoms with Crippen LogP contribution < -0.4 is 0 Å². The smallest absolute Gasteiger partial charge is 0.0519 e. The number of H-pyrrole nitrogens is 1. The van der Waals surface area contributed by atoms with Crippen LogP contribution in [0, 0.1) is 26.7 Å². The molecule has 0 amide bonds. The third-order valence-corrected chi connectivity index (χ3v) is 5.23. The largest absolute Gasteiger partial charge is 0.355 e. The van der Waals surface area contributed by atoms with Crippen LogP contribution in [0.3, 0.4) is 0 Å². The molecule has 2 aromatic carbocycles. The number of aromatic nitrogens is 2. The molecule has 0 atom stereocenters. The van der Waals surface area contributed by atoms with Gasteiger partial charge in [-0.15, -0.1) is 13.2 Å². The van der Waals surface area contributed by atoms with Gasteiger partial charge >= 0.3 is 0 Å². The van der Waals surface area contributed by atoms with Crippen molar-refractivity contribution in [1.29, 1.82) is 0 Å². The number of nitrogens with zero attached hydrogens (tertiary/aromatic N) is 1. The van der Waals surface area contributed by atoms with Crippen molar-refractivity contribution >= 4 is 22.0 Å². The van der Waals surface area contributed by atoms with E-state index in [9.17, 15) is 0 Å². The first-order valence-electron chi connectivity index (χ1n) is 13.4. The molecule has 0 spiro atoms. The number of fused-ring (bicyclic) bond motifs is 1. The van der Waals surface area contributed by atoms with Crippen molar-refractivity contribution in [2.24, 2.45) is 5.92 Å². The molecule has 0 saturated carbocycles. The van der Waals surface area contributed by atoms with Crippen LogP contribution in [-0.4, -0.2) is 9.97 Å². The monoisotopic (exact) mass is 526 g/mol. The highest BCUT2D eigenvalue weighted by Gasteiger charge is 2.04. The van der Waals surface area contributed by atoms with Crippen LogP contribution in [0.4, 0.5) is 0 Å². The van der Waals surface area contributed by atoms with E-state index in [2.05, 4.69) is 126 Å². The topological polar surface area (TPSA) is 28.7 Å². The Morgan fingerprint density at radius 1 is 0.769 bits per heavy atom. The van der Waals surface area contributed by atoms with E-state index in [1.165, 1.54) is 33.4 Å². The van der Waals surface area contributed by atoms with Crippen LogP contribution in [-0.2, 0) is 0 Å². The molecule has 2 aromatic heterocycles. The van der Waals surface area contributed by atoms with E-state index in [0.717, 1.165) is 33.7 Å². The number of allylic oxidation sites excluding steroid dienone is 2. The first-order chi connectivity index (χ1) is 18.0. The van der Waals surface area contributed by atoms with Crippen molar-refractivity contribution in [3.05, 3.63) is 115 Å². The Balaban J connectivity index is 0. The second kappa shape index (κ2) is 19.4. The molecule has 4 rings (SSSR count). The van der Waals surface area contributed by atoms with E-state index in [0.29, 0.717) is 0 Å². The van der Waals surface area contributed by atoms with Crippen molar-refractivity contribution in [2.75, 3.05) is 0 Å². The lowest BCUT2D eigenvalue weighted by Crippen LogP contribution is -1.87. The third-order valence-electron chi connectivity index (χ3n) is 5.23. The standard InChI is InChI=1S/C17H18.C11H12N2.C4H10.C2H6.C2H4.CH4/c1-12(2)17-11-16(9-8-14(17)4)15-7-5-6-13(3)10-15;1-7(2)10-4-9-6-12-5-8(3)11(9)13-10;1-4(2)3;2*1-2;/h5-11H,1H2,2-4H3;4-6,13H,1H2,2-3H3;4H,1-3H3;1-2H3;1-2H2;1H4. The Bertz CT molecular complexity index is 1290. The summed E-state index contributed by atoms with van der Waals surface area (Å²) in [4.78, 5) is 7.46. The van der Waals surface area contributed by atoms with Crippen molar-refractivity contribution in [2.45, 2.75) is 76.7 Å². The molecule has 2 heterocycles. The predicted molar refractivity (Wildman–Crippen MR) is 181 cm³/mol. The molecule has 0 aliphatic rings. The second-order valence-electron chi connectivity index (χ2n) is 9.80. The normalized spacial score (nSPS) is 9.21. The molecule has 2 heteroatoms. The van der Waals surface area contributed by atoms with Gasteiger partial charge in [0.05, 0.1) is 5.52 Å². The molecule has 212 valence electrons. The molecule has 0 unspecified atom stereocenters. The number of benzene rings is 2. The first-order valence-corrected chi connectivity index (χ1v) is 13.4. The fourth-order valence-corrected chi connectivity index (χ4v) is 3.51. The Kier molecular flexibility index (Phi) is 18.7. The highest BCUT2D eigenvalue weighted by molar-refractivity contribution is 5.85. The maximum Gasteiger partial charge on any atom is 0.0519 e. The Hall–Kier alpha value is -3.65. The summed E-state index contributed by atoms with van der Waals surface area (Å²) in [7, 11) is 0. The molecule has 0 aliphatic heterocycles. The Morgan fingerprint density at radius 3 is 1.82 bits per heavy atom. The summed E-state index contributed by atoms with van der Waals surface area (Å²) < 4.78 is 0. The molecular weight excluding hydrogens is 472 g/mol. The van der Waals surface area contributed by atoms with E-state index >= 15 is 0 Å². The Labute approximate surface area is 240 Å². The maximum atomic E-state index is 4.14. The summed E-state index contributed by atoms with van der Waals surface area (Å²) in [6, 6.07) is 17.2. The molecular formula is C37H54N2. The number of aromatic amines is 1. The van der Waals surface area contributed by atoms with Gasteiger partial charge in [0, 0.05) is 23.5 Å². The quantitative estimate of drug-likeness (QED) is 0.264. The van der Waals surface area contributed by atoms with Crippen molar-refractivity contribution in [3.8, 4) is 11.1 Å². The summed E-state index contributed by atoms with van der Waals surface area (Å²) in [6.45, 7) is 34.8. The van der Waals surface area contributed by atoms with Crippen LogP contribution in [0.5, 0.6) is 0 Å². The van der Waals surface area contributed by atoms with Gasteiger partial charge in [-0.3, -0.25) is 4.98 Å². The number of hydrogen-bond donors (Lipinski definition) is 1. The lowest BCUT2D eigenvalue weighted by atomic mass is 9.96. The van der Waals surface area contributed by atoms with Crippen molar-refractivity contribution in [1.82, 2.24) is 9.97 Å². The fraction of sp³-hybridized carbons (Fsp3) is 0.324. The highest BCUT2D eigenvalue weighted by Crippen LogP contribution is 2.26. The van der Waals surface area contributed by atoms with Gasteiger partial charge in [-0.1, -0.05) is 103 Å². The van der Waals surface area contributed by atoms with E-state index in [-0.39, 0.29) is 7.43 Å². The van der Waals surface area contributed by atoms with Gasteiger partial charge in [0.1, 0.15) is 0 Å². The predicted octanol–water partition coefficient (Wildman–Crippen LogP) is 12.0. The minimum atomic E-state index is 0. The zero-order valence-corrected chi connectivity index (χ0v) is 25.6. The van der Waals surface area contributed by atoms with Gasteiger partial charge in [0.2, 0.25) is 0 Å². The summed E-state index contributed by atoms with van der Waals surface area (Å²) >= 11 is 0. The van der Waals surface area contributed by atoms with Gasteiger partial charge < -0.3 is 4.98 Å². The van der Waals surface area contributed by atoms with Gasteiger partial charge in [-0.05, 0) is 86.1 Å². The van der Waals surface area contributed by atoms with Gasteiger partial charge in [-0.25, -0.2) is 0 Å². The van der Waals surface area contributed by atoms with Gasteiger partial charge in [0.25, 0.3) is 0 Å². The number of aryl methyl sites for hydroxylation is 3. The van der Waals surface area contributed by atoms with Gasteiger partial charge in [0.15, 0.2) is 0 Å². The van der Waals surface area contributed by atoms with Crippen LogP contribution >= 0.6 is 0 Å². The fourth-order valence-electron chi connectivity index (χ4n) is 3.51. The molecule has 0 saturated heterocycles. The Morgan fingerprint density at radius 2 is 1.33 bits per heavy atom. The van der Waals surface area contributed by atoms with E-state index < -0.39 is 0 Å². The van der Waals surface area contributed by atoms with Crippen molar-refractivity contribution < 1.29 is 0 Å². The molecule has 1 N–H and O–H groups in total. The third kappa shape index (κ3) is 12.6. The molecule has 0 aliphatic carbocycles. The van der Waals surface area contributed by atoms with E-state index in [4.69, 9.17) is 0 Å². The number of rotatable bonds is 3. The molecule has 2 nitrogen and oxygen atoms in total. The summed E-state index contributed by atoms with van der Waals surface area (Å²) in [5.41, 5.74) is 12.0. The summed E-state index contributed by atoms with van der Waals surface area (Å²) in [5.74, 6) is 0.833. The van der Waals surface area contributed by atoms with E-state index in [1.807, 2.05) is 40.1 Å². The number of nitrogens with one attached hydrogen (secondary N) is 1. The number of hydrogen-bond acceptors (Lipinski definition) is 1. The second-order valence-corrected chi connectivity index (χ2v) is 9.80. The van der Waals surface area contributed by atoms with Crippen LogP contribution in [0.1, 0.15) is 83.8 Å². The van der Waals surface area contributed by atoms with Crippen LogP contribution in [0.25, 0.3) is 33.2 Å². The molecule has 4 aromatic rings. The van der Waals surface area contributed by atoms with Crippen LogP contribution in [0.2, 0.25) is 0 Å². The minimum absolute atomic E-state index is 0. The maximum absolute atomic E-state index is 4.14. The number of pyridine rings is 1.